The third-order valence-corrected chi connectivity index (χ3v) is 5.36. The molecule has 2 atom stereocenters. The van der Waals surface area contributed by atoms with Crippen molar-refractivity contribution < 1.29 is 24.0 Å². The molecule has 2 amide bonds. The van der Waals surface area contributed by atoms with Crippen molar-refractivity contribution in [2.45, 2.75) is 45.6 Å². The van der Waals surface area contributed by atoms with Crippen LogP contribution in [-0.4, -0.2) is 35.7 Å². The molecule has 148 valence electrons. The lowest BCUT2D eigenvalue weighted by Crippen LogP contribution is -2.35. The maximum Gasteiger partial charge on any atom is 0.315 e. The fraction of sp³-hybridized carbons (Fsp3) is 0.476. The fourth-order valence-corrected chi connectivity index (χ4v) is 3.77. The summed E-state index contributed by atoms with van der Waals surface area (Å²) < 4.78 is 0. The molecule has 0 radical (unpaired) electrons. The number of hydrogen-bond donors (Lipinski definition) is 2. The van der Waals surface area contributed by atoms with Gasteiger partial charge in [-0.2, -0.15) is 0 Å². The predicted octanol–water partition coefficient (Wildman–Crippen LogP) is 2.22. The summed E-state index contributed by atoms with van der Waals surface area (Å²) in [5.74, 6) is -2.04. The van der Waals surface area contributed by atoms with Crippen LogP contribution in [0.15, 0.2) is 18.2 Å². The third-order valence-electron chi connectivity index (χ3n) is 5.36. The van der Waals surface area contributed by atoms with E-state index in [0.717, 1.165) is 12.0 Å². The zero-order valence-corrected chi connectivity index (χ0v) is 15.9. The van der Waals surface area contributed by atoms with Gasteiger partial charge in [-0.1, -0.05) is 19.1 Å². The molecule has 0 heterocycles. The van der Waals surface area contributed by atoms with E-state index in [1.165, 1.54) is 0 Å². The van der Waals surface area contributed by atoms with Crippen LogP contribution in [0.25, 0.3) is 0 Å². The topological polar surface area (TPSA) is 109 Å². The van der Waals surface area contributed by atoms with E-state index >= 15 is 0 Å². The Kier molecular flexibility index (Phi) is 6.02. The van der Waals surface area contributed by atoms with E-state index in [-0.39, 0.29) is 48.6 Å². The van der Waals surface area contributed by atoms with Gasteiger partial charge in [-0.25, -0.2) is 4.79 Å². The molecule has 1 fully saturated rings. The number of carbonyl (C=O) groups is 5. The highest BCUT2D eigenvalue weighted by atomic mass is 16.2. The number of Topliss-reactive ketones (excluding diaryl/α,β-unsaturated/α-hetero) is 4. The summed E-state index contributed by atoms with van der Waals surface area (Å²) in [6, 6.07) is 4.69. The molecule has 0 aromatic heterocycles. The van der Waals surface area contributed by atoms with Gasteiger partial charge >= 0.3 is 6.03 Å². The average Bonchev–Trinajstić information content (AvgIpc) is 2.91. The first-order valence-electron chi connectivity index (χ1n) is 9.68. The minimum Gasteiger partial charge on any atom is -0.338 e. The molecule has 2 aliphatic carbocycles. The number of carbonyl (C=O) groups excluding carboxylic acids is 5. The summed E-state index contributed by atoms with van der Waals surface area (Å²) in [7, 11) is 0. The Morgan fingerprint density at radius 3 is 2.54 bits per heavy atom. The van der Waals surface area contributed by atoms with E-state index in [9.17, 15) is 24.0 Å². The molecule has 1 aromatic rings. The first-order valence-corrected chi connectivity index (χ1v) is 9.68. The predicted molar refractivity (Wildman–Crippen MR) is 101 cm³/mol. The number of amides is 2. The van der Waals surface area contributed by atoms with Crippen LogP contribution in [0, 0.1) is 11.8 Å². The largest absolute Gasteiger partial charge is 0.338 e. The summed E-state index contributed by atoms with van der Waals surface area (Å²) >= 11 is 0. The Balaban J connectivity index is 1.67. The molecular formula is C21H24N2O5. The van der Waals surface area contributed by atoms with Gasteiger partial charge in [0, 0.05) is 36.6 Å². The maximum atomic E-state index is 12.8. The van der Waals surface area contributed by atoms with E-state index in [2.05, 4.69) is 10.6 Å². The van der Waals surface area contributed by atoms with Gasteiger partial charge in [0.1, 0.15) is 11.6 Å². The molecular weight excluding hydrogens is 360 g/mol. The van der Waals surface area contributed by atoms with Gasteiger partial charge in [0.2, 0.25) is 0 Å². The Labute approximate surface area is 163 Å². The number of benzene rings is 1. The number of fused-ring (bicyclic) bond motifs is 1. The molecule has 7 nitrogen and oxygen atoms in total. The second-order valence-corrected chi connectivity index (χ2v) is 7.42. The lowest BCUT2D eigenvalue weighted by Gasteiger charge is -2.21. The molecule has 2 N–H and O–H groups in total. The average molecular weight is 384 g/mol. The summed E-state index contributed by atoms with van der Waals surface area (Å²) in [4.78, 5) is 60.6. The van der Waals surface area contributed by atoms with Crippen molar-refractivity contribution in [1.29, 1.82) is 0 Å². The first-order chi connectivity index (χ1) is 13.4. The van der Waals surface area contributed by atoms with Crippen LogP contribution in [0.4, 0.5) is 4.79 Å². The van der Waals surface area contributed by atoms with Gasteiger partial charge in [-0.15, -0.1) is 0 Å². The second kappa shape index (κ2) is 8.46. The van der Waals surface area contributed by atoms with Crippen molar-refractivity contribution in [3.05, 3.63) is 34.9 Å². The molecule has 0 saturated heterocycles. The van der Waals surface area contributed by atoms with Crippen LogP contribution in [0.5, 0.6) is 0 Å². The quantitative estimate of drug-likeness (QED) is 0.731. The van der Waals surface area contributed by atoms with Crippen molar-refractivity contribution in [1.82, 2.24) is 10.6 Å². The standard InChI is InChI=1S/C21H24N2O5/c1-2-7-22-21(28)23-11-12-3-6-15-16(8-12)20(27)17(19(15)26)9-13-4-5-14(24)10-18(13)25/h3,6,8,13,17H,2,4-5,7,9-11H2,1H3,(H2,22,23,28). The highest BCUT2D eigenvalue weighted by Gasteiger charge is 2.41. The number of nitrogens with one attached hydrogen (secondary N) is 2. The highest BCUT2D eigenvalue weighted by molar-refractivity contribution is 6.26. The smallest absolute Gasteiger partial charge is 0.315 e. The monoisotopic (exact) mass is 384 g/mol. The minimum atomic E-state index is -0.854. The summed E-state index contributed by atoms with van der Waals surface area (Å²) in [5, 5.41) is 5.42. The lowest BCUT2D eigenvalue weighted by molar-refractivity contribution is -0.132. The van der Waals surface area contributed by atoms with E-state index in [1.54, 1.807) is 18.2 Å². The zero-order valence-electron chi connectivity index (χ0n) is 15.9. The van der Waals surface area contributed by atoms with Gasteiger partial charge < -0.3 is 10.6 Å². The maximum absolute atomic E-state index is 12.8. The number of urea groups is 1. The molecule has 0 bridgehead atoms. The fourth-order valence-electron chi connectivity index (χ4n) is 3.77. The molecule has 0 aliphatic heterocycles. The zero-order chi connectivity index (χ0) is 20.3. The highest BCUT2D eigenvalue weighted by Crippen LogP contribution is 2.34. The summed E-state index contributed by atoms with van der Waals surface area (Å²) in [6.07, 6.45) is 1.65. The van der Waals surface area contributed by atoms with Gasteiger partial charge in [-0.3, -0.25) is 19.2 Å². The first kappa shape index (κ1) is 19.9. The Morgan fingerprint density at radius 1 is 1.07 bits per heavy atom. The van der Waals surface area contributed by atoms with Crippen molar-refractivity contribution in [3.8, 4) is 0 Å². The molecule has 1 saturated carbocycles. The van der Waals surface area contributed by atoms with E-state index in [1.807, 2.05) is 6.92 Å². The molecule has 7 heteroatoms. The van der Waals surface area contributed by atoms with Gasteiger partial charge in [0.25, 0.3) is 0 Å². The molecule has 0 spiro atoms. The van der Waals surface area contributed by atoms with Crippen molar-refractivity contribution in [3.63, 3.8) is 0 Å². The van der Waals surface area contributed by atoms with Crippen molar-refractivity contribution >= 4 is 29.2 Å². The Morgan fingerprint density at radius 2 is 1.82 bits per heavy atom. The number of rotatable bonds is 6. The molecule has 3 rings (SSSR count). The molecule has 2 aliphatic rings. The van der Waals surface area contributed by atoms with Crippen molar-refractivity contribution in [2.75, 3.05) is 6.54 Å². The van der Waals surface area contributed by atoms with Gasteiger partial charge in [0.05, 0.1) is 12.3 Å². The number of ketones is 4. The van der Waals surface area contributed by atoms with Gasteiger partial charge in [0.15, 0.2) is 11.6 Å². The van der Waals surface area contributed by atoms with Crippen LogP contribution in [0.1, 0.15) is 65.3 Å². The van der Waals surface area contributed by atoms with E-state index in [0.29, 0.717) is 30.5 Å². The Bertz CT molecular complexity index is 845. The van der Waals surface area contributed by atoms with Crippen LogP contribution >= 0.6 is 0 Å². The van der Waals surface area contributed by atoms with Crippen LogP contribution in [0.3, 0.4) is 0 Å². The third kappa shape index (κ3) is 4.18. The lowest BCUT2D eigenvalue weighted by atomic mass is 9.80. The summed E-state index contributed by atoms with van der Waals surface area (Å²) in [6.45, 7) is 2.78. The van der Waals surface area contributed by atoms with Crippen LogP contribution in [-0.2, 0) is 16.1 Å². The molecule has 1 aromatic carbocycles. The van der Waals surface area contributed by atoms with Crippen LogP contribution < -0.4 is 10.6 Å². The summed E-state index contributed by atoms with van der Waals surface area (Å²) in [5.41, 5.74) is 1.45. The van der Waals surface area contributed by atoms with Gasteiger partial charge in [-0.05, 0) is 30.9 Å². The molecule has 28 heavy (non-hydrogen) atoms. The normalized spacial score (nSPS) is 21.6. The molecule has 2 unspecified atom stereocenters. The SMILES string of the molecule is CCCNC(=O)NCc1ccc2c(c1)C(=O)C(CC1CCC(=O)CC1=O)C2=O. The van der Waals surface area contributed by atoms with Crippen LogP contribution in [0.2, 0.25) is 0 Å². The number of hydrogen-bond acceptors (Lipinski definition) is 5. The Hall–Kier alpha value is -2.83. The van der Waals surface area contributed by atoms with E-state index < -0.39 is 11.8 Å². The minimum absolute atomic E-state index is 0.0753. The van der Waals surface area contributed by atoms with E-state index in [4.69, 9.17) is 0 Å². The second-order valence-electron chi connectivity index (χ2n) is 7.42. The van der Waals surface area contributed by atoms with Crippen molar-refractivity contribution in [2.24, 2.45) is 11.8 Å².